The molecule has 0 amide bonds. The van der Waals surface area contributed by atoms with Crippen molar-refractivity contribution in [2.45, 2.75) is 322 Å². The van der Waals surface area contributed by atoms with Gasteiger partial charge in [-0.2, -0.15) is 0 Å². The Morgan fingerprint density at radius 1 is 0.290 bits per heavy atom. The van der Waals surface area contributed by atoms with Crippen LogP contribution in [0.25, 0.3) is 0 Å². The molecule has 1 unspecified atom stereocenters. The molecule has 0 radical (unpaired) electrons. The molecule has 0 aromatic rings. The van der Waals surface area contributed by atoms with Gasteiger partial charge in [-0.15, -0.1) is 0 Å². The third-order valence-corrected chi connectivity index (χ3v) is 13.3. The zero-order valence-corrected chi connectivity index (χ0v) is 46.1. The number of carbonyl (C=O) groups excluding carboxylic acids is 3. The maximum Gasteiger partial charge on any atom is 0.306 e. The number of rotatable bonds is 55. The SMILES string of the molecule is CCC/C=C\C/C=C\CCCCCCCC(=O)OC(COC(=O)CCCCCCC/C=C\CCCC)COC(=O)CCCCCCCCCCCCCCCCC/C=C\CCCCCCCCCC. The van der Waals surface area contributed by atoms with E-state index in [1.165, 1.54) is 180 Å². The maximum absolute atomic E-state index is 12.8. The molecule has 0 aromatic heterocycles. The lowest BCUT2D eigenvalue weighted by Crippen LogP contribution is -2.30. The minimum atomic E-state index is -0.781. The van der Waals surface area contributed by atoms with Gasteiger partial charge >= 0.3 is 17.9 Å². The zero-order valence-electron chi connectivity index (χ0n) is 46.1. The monoisotopic (exact) mass is 967 g/mol. The van der Waals surface area contributed by atoms with Crippen molar-refractivity contribution in [3.8, 4) is 0 Å². The second kappa shape index (κ2) is 57.9. The van der Waals surface area contributed by atoms with Gasteiger partial charge in [-0.3, -0.25) is 14.4 Å². The Labute approximate surface area is 428 Å². The van der Waals surface area contributed by atoms with E-state index in [0.717, 1.165) is 96.3 Å². The quantitative estimate of drug-likeness (QED) is 0.0262. The highest BCUT2D eigenvalue weighted by molar-refractivity contribution is 5.71. The van der Waals surface area contributed by atoms with Crippen molar-refractivity contribution in [1.82, 2.24) is 0 Å². The second-order valence-electron chi connectivity index (χ2n) is 20.2. The first-order valence-corrected chi connectivity index (χ1v) is 30.1. The average Bonchev–Trinajstić information content (AvgIpc) is 3.35. The Hall–Kier alpha value is -2.63. The van der Waals surface area contributed by atoms with Crippen LogP contribution in [-0.4, -0.2) is 37.2 Å². The summed E-state index contributed by atoms with van der Waals surface area (Å²) in [6, 6.07) is 0. The summed E-state index contributed by atoms with van der Waals surface area (Å²) in [7, 11) is 0. The Kier molecular flexibility index (Phi) is 55.7. The molecule has 0 heterocycles. The van der Waals surface area contributed by atoms with E-state index < -0.39 is 6.10 Å². The van der Waals surface area contributed by atoms with Crippen LogP contribution in [0.3, 0.4) is 0 Å². The zero-order chi connectivity index (χ0) is 50.0. The van der Waals surface area contributed by atoms with Crippen molar-refractivity contribution >= 4 is 17.9 Å². The lowest BCUT2D eigenvalue weighted by atomic mass is 10.0. The Balaban J connectivity index is 4.15. The summed E-state index contributed by atoms with van der Waals surface area (Å²) in [5, 5.41) is 0. The van der Waals surface area contributed by atoms with Crippen LogP contribution < -0.4 is 0 Å². The van der Waals surface area contributed by atoms with E-state index in [9.17, 15) is 14.4 Å². The smallest absolute Gasteiger partial charge is 0.306 e. The molecule has 0 aliphatic rings. The van der Waals surface area contributed by atoms with Crippen molar-refractivity contribution < 1.29 is 28.6 Å². The molecular weight excluding hydrogens is 853 g/mol. The van der Waals surface area contributed by atoms with Gasteiger partial charge in [0.15, 0.2) is 6.10 Å². The van der Waals surface area contributed by atoms with E-state index in [-0.39, 0.29) is 31.1 Å². The van der Waals surface area contributed by atoms with Crippen LogP contribution in [0.15, 0.2) is 48.6 Å². The third kappa shape index (κ3) is 56.2. The van der Waals surface area contributed by atoms with Crippen LogP contribution in [0.1, 0.15) is 316 Å². The van der Waals surface area contributed by atoms with Crippen LogP contribution in [-0.2, 0) is 28.6 Å². The molecule has 0 fully saturated rings. The number of esters is 3. The summed E-state index contributed by atoms with van der Waals surface area (Å²) in [6.07, 6.45) is 71.3. The fourth-order valence-electron chi connectivity index (χ4n) is 8.69. The first-order valence-electron chi connectivity index (χ1n) is 30.1. The van der Waals surface area contributed by atoms with Gasteiger partial charge in [0.1, 0.15) is 13.2 Å². The summed E-state index contributed by atoms with van der Waals surface area (Å²) < 4.78 is 16.8. The van der Waals surface area contributed by atoms with Gasteiger partial charge in [0, 0.05) is 19.3 Å². The summed E-state index contributed by atoms with van der Waals surface area (Å²) in [4.78, 5) is 38.1. The lowest BCUT2D eigenvalue weighted by molar-refractivity contribution is -0.167. The van der Waals surface area contributed by atoms with E-state index in [0.29, 0.717) is 19.3 Å². The standard InChI is InChI=1S/C63H114O6/c1-4-7-10-13-16-19-22-24-25-26-27-28-29-30-31-32-33-34-35-36-37-39-41-44-47-50-53-56-62(65)68-59-60(58-67-61(64)55-52-49-46-43-40-21-18-15-12-9-6-3)69-63(66)57-54-51-48-45-42-38-23-20-17-14-11-8-5-2/h11,14-15,18,20,23,26-27,60H,4-10,12-13,16-17,19,21-22,24-25,28-59H2,1-3H3/b14-11-,18-15-,23-20-,27-26-. The van der Waals surface area contributed by atoms with Crippen molar-refractivity contribution in [2.75, 3.05) is 13.2 Å². The second-order valence-corrected chi connectivity index (χ2v) is 20.2. The Morgan fingerprint density at radius 3 is 0.913 bits per heavy atom. The molecular formula is C63H114O6. The topological polar surface area (TPSA) is 78.9 Å². The van der Waals surface area contributed by atoms with E-state index in [1.54, 1.807) is 0 Å². The lowest BCUT2D eigenvalue weighted by Gasteiger charge is -2.18. The number of hydrogen-bond donors (Lipinski definition) is 0. The molecule has 0 N–H and O–H groups in total. The summed E-state index contributed by atoms with van der Waals surface area (Å²) in [5.41, 5.74) is 0. The van der Waals surface area contributed by atoms with Gasteiger partial charge < -0.3 is 14.2 Å². The first-order chi connectivity index (χ1) is 34.0. The minimum absolute atomic E-state index is 0.0794. The highest BCUT2D eigenvalue weighted by Gasteiger charge is 2.19. The number of unbranched alkanes of at least 4 members (excludes halogenated alkanes) is 36. The molecule has 0 bridgehead atoms. The Morgan fingerprint density at radius 2 is 0.565 bits per heavy atom. The van der Waals surface area contributed by atoms with Gasteiger partial charge in [0.25, 0.3) is 0 Å². The minimum Gasteiger partial charge on any atom is -0.462 e. The number of ether oxygens (including phenoxy) is 3. The molecule has 0 aliphatic heterocycles. The summed E-state index contributed by atoms with van der Waals surface area (Å²) in [6.45, 7) is 6.55. The van der Waals surface area contributed by atoms with E-state index in [2.05, 4.69) is 69.4 Å². The summed E-state index contributed by atoms with van der Waals surface area (Å²) >= 11 is 0. The number of hydrogen-bond acceptors (Lipinski definition) is 6. The van der Waals surface area contributed by atoms with Gasteiger partial charge in [-0.25, -0.2) is 0 Å². The highest BCUT2D eigenvalue weighted by Crippen LogP contribution is 2.16. The molecule has 6 nitrogen and oxygen atoms in total. The Bertz CT molecular complexity index is 1200. The molecule has 402 valence electrons. The molecule has 69 heavy (non-hydrogen) atoms. The van der Waals surface area contributed by atoms with Crippen molar-refractivity contribution in [3.63, 3.8) is 0 Å². The van der Waals surface area contributed by atoms with Crippen molar-refractivity contribution in [2.24, 2.45) is 0 Å². The molecule has 1 atom stereocenters. The molecule has 0 aliphatic carbocycles. The predicted octanol–water partition coefficient (Wildman–Crippen LogP) is 20.2. The highest BCUT2D eigenvalue weighted by atomic mass is 16.6. The first kappa shape index (κ1) is 66.4. The van der Waals surface area contributed by atoms with Crippen LogP contribution in [0.2, 0.25) is 0 Å². The average molecular weight is 968 g/mol. The largest absolute Gasteiger partial charge is 0.462 e. The fourth-order valence-corrected chi connectivity index (χ4v) is 8.69. The van der Waals surface area contributed by atoms with Crippen molar-refractivity contribution in [3.05, 3.63) is 48.6 Å². The van der Waals surface area contributed by atoms with Crippen LogP contribution in [0.5, 0.6) is 0 Å². The molecule has 0 aromatic carbocycles. The maximum atomic E-state index is 12.8. The van der Waals surface area contributed by atoms with Crippen molar-refractivity contribution in [1.29, 1.82) is 0 Å². The molecule has 0 rings (SSSR count). The molecule has 0 spiro atoms. The van der Waals surface area contributed by atoms with E-state index in [1.807, 2.05) is 0 Å². The van der Waals surface area contributed by atoms with Gasteiger partial charge in [0.2, 0.25) is 0 Å². The number of allylic oxidation sites excluding steroid dienone is 8. The third-order valence-electron chi connectivity index (χ3n) is 13.3. The van der Waals surface area contributed by atoms with Crippen LogP contribution in [0.4, 0.5) is 0 Å². The number of carbonyl (C=O) groups is 3. The van der Waals surface area contributed by atoms with E-state index >= 15 is 0 Å². The summed E-state index contributed by atoms with van der Waals surface area (Å²) in [5.74, 6) is -0.892. The van der Waals surface area contributed by atoms with Gasteiger partial charge in [-0.1, -0.05) is 256 Å². The van der Waals surface area contributed by atoms with Gasteiger partial charge in [-0.05, 0) is 89.9 Å². The van der Waals surface area contributed by atoms with Crippen LogP contribution >= 0.6 is 0 Å². The normalized spacial score (nSPS) is 12.3. The molecule has 6 heteroatoms. The van der Waals surface area contributed by atoms with Crippen LogP contribution in [0, 0.1) is 0 Å². The molecule has 0 saturated heterocycles. The fraction of sp³-hybridized carbons (Fsp3) is 0.825. The van der Waals surface area contributed by atoms with Gasteiger partial charge in [0.05, 0.1) is 0 Å². The van der Waals surface area contributed by atoms with E-state index in [4.69, 9.17) is 14.2 Å². The molecule has 0 saturated carbocycles. The predicted molar refractivity (Wildman–Crippen MR) is 298 cm³/mol.